The number of carbonyl (C=O) groups is 1. The van der Waals surface area contributed by atoms with Gasteiger partial charge in [0, 0.05) is 18.5 Å². The fourth-order valence-corrected chi connectivity index (χ4v) is 3.69. The van der Waals surface area contributed by atoms with Gasteiger partial charge in [0.2, 0.25) is 5.91 Å². The standard InChI is InChI=1S/C22H26N2O2/c25-22(24-14-18-7-4-12-23-18)21-13-20(21)17-8-10-19(11-9-17)26-15-16-5-2-1-3-6-16/h1-3,5-6,8-11,18,20-21,23H,4,7,12-15H2,(H,24,25). The Balaban J connectivity index is 1.24. The van der Waals surface area contributed by atoms with Crippen molar-refractivity contribution in [2.45, 2.75) is 37.8 Å². The van der Waals surface area contributed by atoms with Crippen molar-refractivity contribution in [1.82, 2.24) is 10.6 Å². The number of amides is 1. The van der Waals surface area contributed by atoms with Crippen LogP contribution in [0.1, 0.15) is 36.3 Å². The SMILES string of the molecule is O=C(NCC1CCCN1)C1CC1c1ccc(OCc2ccccc2)cc1. The Morgan fingerprint density at radius 1 is 1.12 bits per heavy atom. The number of ether oxygens (including phenoxy) is 1. The maximum absolute atomic E-state index is 12.3. The van der Waals surface area contributed by atoms with Crippen molar-refractivity contribution in [2.75, 3.05) is 13.1 Å². The number of hydrogen-bond donors (Lipinski definition) is 2. The molecule has 2 fully saturated rings. The van der Waals surface area contributed by atoms with Crippen LogP contribution in [0.2, 0.25) is 0 Å². The summed E-state index contributed by atoms with van der Waals surface area (Å²) in [4.78, 5) is 12.3. The lowest BCUT2D eigenvalue weighted by atomic mass is 10.1. The minimum Gasteiger partial charge on any atom is -0.489 e. The van der Waals surface area contributed by atoms with E-state index >= 15 is 0 Å². The minimum atomic E-state index is 0.132. The summed E-state index contributed by atoms with van der Waals surface area (Å²) >= 11 is 0. The molecule has 0 bridgehead atoms. The molecule has 4 nitrogen and oxygen atoms in total. The van der Waals surface area contributed by atoms with Gasteiger partial charge in [-0.15, -0.1) is 0 Å². The summed E-state index contributed by atoms with van der Waals surface area (Å²) in [5.74, 6) is 1.56. The van der Waals surface area contributed by atoms with E-state index in [-0.39, 0.29) is 11.8 Å². The van der Waals surface area contributed by atoms with E-state index in [0.717, 1.165) is 30.8 Å². The summed E-state index contributed by atoms with van der Waals surface area (Å²) in [6, 6.07) is 18.8. The number of rotatable bonds is 7. The Hall–Kier alpha value is -2.33. The lowest BCUT2D eigenvalue weighted by molar-refractivity contribution is -0.122. The molecule has 2 aromatic rings. The quantitative estimate of drug-likeness (QED) is 0.806. The van der Waals surface area contributed by atoms with E-state index in [2.05, 4.69) is 34.9 Å². The van der Waals surface area contributed by atoms with Crippen LogP contribution >= 0.6 is 0 Å². The highest BCUT2D eigenvalue weighted by molar-refractivity contribution is 5.82. The highest BCUT2D eigenvalue weighted by atomic mass is 16.5. The molecule has 4 rings (SSSR count). The Morgan fingerprint density at radius 2 is 1.92 bits per heavy atom. The molecule has 4 heteroatoms. The molecule has 1 aliphatic carbocycles. The van der Waals surface area contributed by atoms with Crippen LogP contribution in [0.4, 0.5) is 0 Å². The van der Waals surface area contributed by atoms with Crippen molar-refractivity contribution in [3.63, 3.8) is 0 Å². The van der Waals surface area contributed by atoms with Crippen LogP contribution in [-0.4, -0.2) is 25.0 Å². The predicted molar refractivity (Wildman–Crippen MR) is 102 cm³/mol. The van der Waals surface area contributed by atoms with Crippen LogP contribution in [0.25, 0.3) is 0 Å². The summed E-state index contributed by atoms with van der Waals surface area (Å²) in [7, 11) is 0. The van der Waals surface area contributed by atoms with Gasteiger partial charge in [0.25, 0.3) is 0 Å². The van der Waals surface area contributed by atoms with Gasteiger partial charge in [0.05, 0.1) is 0 Å². The van der Waals surface area contributed by atoms with Gasteiger partial charge in [-0.25, -0.2) is 0 Å². The molecule has 2 N–H and O–H groups in total. The molecule has 1 amide bonds. The van der Waals surface area contributed by atoms with Gasteiger partial charge in [-0.05, 0) is 55.0 Å². The van der Waals surface area contributed by atoms with Crippen molar-refractivity contribution < 1.29 is 9.53 Å². The second-order valence-electron chi connectivity index (χ2n) is 7.33. The van der Waals surface area contributed by atoms with E-state index in [0.29, 0.717) is 18.6 Å². The van der Waals surface area contributed by atoms with Crippen molar-refractivity contribution in [3.05, 3.63) is 65.7 Å². The van der Waals surface area contributed by atoms with E-state index in [4.69, 9.17) is 4.74 Å². The Morgan fingerprint density at radius 3 is 2.65 bits per heavy atom. The molecular formula is C22H26N2O2. The molecule has 2 aromatic carbocycles. The van der Waals surface area contributed by atoms with Crippen LogP contribution in [0.15, 0.2) is 54.6 Å². The van der Waals surface area contributed by atoms with E-state index in [1.54, 1.807) is 0 Å². The predicted octanol–water partition coefficient (Wildman–Crippen LogP) is 3.24. The summed E-state index contributed by atoms with van der Waals surface area (Å²) < 4.78 is 5.83. The maximum Gasteiger partial charge on any atom is 0.223 e. The molecule has 26 heavy (non-hydrogen) atoms. The summed E-state index contributed by atoms with van der Waals surface area (Å²) in [5.41, 5.74) is 2.39. The average molecular weight is 350 g/mol. The van der Waals surface area contributed by atoms with Gasteiger partial charge in [0.1, 0.15) is 12.4 Å². The lowest BCUT2D eigenvalue weighted by Crippen LogP contribution is -2.37. The maximum atomic E-state index is 12.3. The molecule has 1 saturated carbocycles. The zero-order chi connectivity index (χ0) is 17.8. The van der Waals surface area contributed by atoms with Gasteiger partial charge in [-0.1, -0.05) is 42.5 Å². The number of carbonyl (C=O) groups excluding carboxylic acids is 1. The Labute approximate surface area is 155 Å². The van der Waals surface area contributed by atoms with Crippen LogP contribution < -0.4 is 15.4 Å². The topological polar surface area (TPSA) is 50.4 Å². The Bertz CT molecular complexity index is 724. The van der Waals surface area contributed by atoms with Crippen molar-refractivity contribution in [2.24, 2.45) is 5.92 Å². The molecule has 0 aromatic heterocycles. The third kappa shape index (κ3) is 4.25. The van der Waals surface area contributed by atoms with E-state index in [1.807, 2.05) is 30.3 Å². The molecule has 3 atom stereocenters. The van der Waals surface area contributed by atoms with Crippen LogP contribution in [0, 0.1) is 5.92 Å². The van der Waals surface area contributed by atoms with Crippen molar-refractivity contribution in [3.8, 4) is 5.75 Å². The third-order valence-corrected chi connectivity index (χ3v) is 5.37. The minimum absolute atomic E-state index is 0.132. The van der Waals surface area contributed by atoms with Gasteiger partial charge in [-0.2, -0.15) is 0 Å². The fraction of sp³-hybridized carbons (Fsp3) is 0.409. The molecule has 2 aliphatic rings. The summed E-state index contributed by atoms with van der Waals surface area (Å²) in [6.45, 7) is 2.41. The van der Waals surface area contributed by atoms with Crippen molar-refractivity contribution >= 4 is 5.91 Å². The highest BCUT2D eigenvalue weighted by Crippen LogP contribution is 2.47. The first kappa shape index (κ1) is 17.1. The van der Waals surface area contributed by atoms with Crippen LogP contribution in [0.3, 0.4) is 0 Å². The first-order valence-corrected chi connectivity index (χ1v) is 9.57. The monoisotopic (exact) mass is 350 g/mol. The second-order valence-corrected chi connectivity index (χ2v) is 7.33. The molecular weight excluding hydrogens is 324 g/mol. The van der Waals surface area contributed by atoms with Crippen LogP contribution in [-0.2, 0) is 11.4 Å². The first-order valence-electron chi connectivity index (χ1n) is 9.57. The lowest BCUT2D eigenvalue weighted by Gasteiger charge is -2.11. The molecule has 136 valence electrons. The van der Waals surface area contributed by atoms with Crippen molar-refractivity contribution in [1.29, 1.82) is 0 Å². The highest BCUT2D eigenvalue weighted by Gasteiger charge is 2.43. The number of nitrogens with one attached hydrogen (secondary N) is 2. The third-order valence-electron chi connectivity index (χ3n) is 5.37. The Kier molecular flexibility index (Phi) is 5.21. The average Bonchev–Trinajstić information content (AvgIpc) is 3.32. The van der Waals surface area contributed by atoms with Gasteiger partial charge < -0.3 is 15.4 Å². The molecule has 1 heterocycles. The van der Waals surface area contributed by atoms with E-state index in [1.165, 1.54) is 18.4 Å². The molecule has 3 unspecified atom stereocenters. The van der Waals surface area contributed by atoms with Gasteiger partial charge >= 0.3 is 0 Å². The normalized spacial score (nSPS) is 24.2. The number of hydrogen-bond acceptors (Lipinski definition) is 3. The molecule has 1 saturated heterocycles. The van der Waals surface area contributed by atoms with Gasteiger partial charge in [-0.3, -0.25) is 4.79 Å². The zero-order valence-corrected chi connectivity index (χ0v) is 15.0. The molecule has 1 aliphatic heterocycles. The van der Waals surface area contributed by atoms with E-state index < -0.39 is 0 Å². The largest absolute Gasteiger partial charge is 0.489 e. The van der Waals surface area contributed by atoms with E-state index in [9.17, 15) is 4.79 Å². The first-order chi connectivity index (χ1) is 12.8. The second kappa shape index (κ2) is 7.92. The summed E-state index contributed by atoms with van der Waals surface area (Å²) in [6.07, 6.45) is 3.33. The number of benzene rings is 2. The smallest absolute Gasteiger partial charge is 0.223 e. The van der Waals surface area contributed by atoms with Crippen LogP contribution in [0.5, 0.6) is 5.75 Å². The van der Waals surface area contributed by atoms with Gasteiger partial charge in [0.15, 0.2) is 0 Å². The summed E-state index contributed by atoms with van der Waals surface area (Å²) in [5, 5.41) is 6.53. The molecule has 0 radical (unpaired) electrons. The molecule has 0 spiro atoms. The fourth-order valence-electron chi connectivity index (χ4n) is 3.69. The zero-order valence-electron chi connectivity index (χ0n) is 15.0.